The van der Waals surface area contributed by atoms with Crippen LogP contribution in [0.5, 0.6) is 0 Å². The van der Waals surface area contributed by atoms with Gasteiger partial charge in [-0.25, -0.2) is 0 Å². The Morgan fingerprint density at radius 3 is 2.17 bits per heavy atom. The van der Waals surface area contributed by atoms with Gasteiger partial charge >= 0.3 is 0 Å². The molecular formula is C26H47NOSi. The molecule has 0 saturated heterocycles. The Morgan fingerprint density at radius 1 is 1.03 bits per heavy atom. The Kier molecular flexibility index (Phi) is 10.9. The highest BCUT2D eigenvalue weighted by Gasteiger charge is 2.36. The number of aryl methyl sites for hydroxylation is 1. The van der Waals surface area contributed by atoms with Gasteiger partial charge in [0, 0.05) is 13.2 Å². The first-order valence-electron chi connectivity index (χ1n) is 11.7. The van der Waals surface area contributed by atoms with Gasteiger partial charge in [0.2, 0.25) is 0 Å². The molecule has 1 N–H and O–H groups in total. The normalized spacial score (nSPS) is 14.7. The molecule has 0 spiro atoms. The maximum atomic E-state index is 6.44. The summed E-state index contributed by atoms with van der Waals surface area (Å²) in [5.41, 5.74) is 6.04. The van der Waals surface area contributed by atoms with Crippen LogP contribution in [0.25, 0.3) is 0 Å². The first kappa shape index (κ1) is 26.1. The Labute approximate surface area is 182 Å². The van der Waals surface area contributed by atoms with E-state index in [4.69, 9.17) is 4.43 Å². The summed E-state index contributed by atoms with van der Waals surface area (Å²) < 4.78 is 6.44. The van der Waals surface area contributed by atoms with Gasteiger partial charge in [0.1, 0.15) is 0 Å². The first-order valence-corrected chi connectivity index (χ1v) is 14.6. The minimum absolute atomic E-state index is 0.256. The molecule has 166 valence electrons. The van der Waals surface area contributed by atoms with Gasteiger partial charge in [-0.1, -0.05) is 84.2 Å². The lowest BCUT2D eigenvalue weighted by atomic mass is 9.86. The monoisotopic (exact) mass is 417 g/mol. The fourth-order valence-corrected chi connectivity index (χ4v) is 4.76. The van der Waals surface area contributed by atoms with E-state index in [0.717, 1.165) is 26.0 Å². The van der Waals surface area contributed by atoms with Gasteiger partial charge < -0.3 is 9.74 Å². The van der Waals surface area contributed by atoms with Gasteiger partial charge in [-0.3, -0.25) is 0 Å². The lowest BCUT2D eigenvalue weighted by Gasteiger charge is -2.36. The zero-order valence-electron chi connectivity index (χ0n) is 20.7. The predicted octanol–water partition coefficient (Wildman–Crippen LogP) is 7.95. The molecular weight excluding hydrogens is 370 g/mol. The quantitative estimate of drug-likeness (QED) is 0.211. The molecule has 0 amide bonds. The summed E-state index contributed by atoms with van der Waals surface area (Å²) in [4.78, 5) is 0. The van der Waals surface area contributed by atoms with Crippen molar-refractivity contribution in [3.05, 3.63) is 46.5 Å². The molecule has 1 rings (SSSR count). The van der Waals surface area contributed by atoms with E-state index in [9.17, 15) is 0 Å². The van der Waals surface area contributed by atoms with Crippen LogP contribution in [0.3, 0.4) is 0 Å². The summed E-state index contributed by atoms with van der Waals surface area (Å²) in [6, 6.07) is 9.16. The van der Waals surface area contributed by atoms with Gasteiger partial charge in [-0.15, -0.1) is 0 Å². The maximum Gasteiger partial charge on any atom is 0.192 e. The van der Waals surface area contributed by atoms with Crippen LogP contribution < -0.4 is 5.32 Å². The van der Waals surface area contributed by atoms with Crippen molar-refractivity contribution in [1.29, 1.82) is 0 Å². The van der Waals surface area contributed by atoms with Gasteiger partial charge in [-0.05, 0) is 61.0 Å². The standard InChI is InChI=1S/C26H47NOSi/c1-10-15-22(12-3)24(16-11-2)25(23-18-14-13-17-21(23)4)27-19-20-28-29(8,9)26(5,6)7/h13-14,17-18,25,27H,10-12,15-16,19-20H2,1-9H3/b24-22+/t25-/m0/s1. The second-order valence-corrected chi connectivity index (χ2v) is 14.6. The molecule has 2 nitrogen and oxygen atoms in total. The molecule has 0 aromatic heterocycles. The van der Waals surface area contributed by atoms with Crippen molar-refractivity contribution in [3.8, 4) is 0 Å². The number of hydrogen-bond donors (Lipinski definition) is 1. The minimum Gasteiger partial charge on any atom is -0.416 e. The summed E-state index contributed by atoms with van der Waals surface area (Å²) in [5, 5.41) is 4.15. The second kappa shape index (κ2) is 12.1. The molecule has 0 saturated carbocycles. The van der Waals surface area contributed by atoms with Crippen LogP contribution in [0.2, 0.25) is 18.1 Å². The zero-order chi connectivity index (χ0) is 22.1. The SMILES string of the molecule is CCC/C(CC)=C(\CCC)[C@@H](NCCO[Si](C)(C)C(C)(C)C)c1ccccc1C. The molecule has 1 aromatic rings. The van der Waals surface area contributed by atoms with Gasteiger partial charge in [0.15, 0.2) is 8.32 Å². The molecule has 1 aromatic carbocycles. The van der Waals surface area contributed by atoms with Crippen LogP contribution in [0.4, 0.5) is 0 Å². The topological polar surface area (TPSA) is 21.3 Å². The van der Waals surface area contributed by atoms with Crippen molar-refractivity contribution in [2.75, 3.05) is 13.2 Å². The molecule has 0 radical (unpaired) electrons. The van der Waals surface area contributed by atoms with Crippen LogP contribution in [0.1, 0.15) is 90.8 Å². The predicted molar refractivity (Wildman–Crippen MR) is 132 cm³/mol. The highest BCUT2D eigenvalue weighted by Crippen LogP contribution is 2.36. The third-order valence-corrected chi connectivity index (χ3v) is 11.1. The summed E-state index contributed by atoms with van der Waals surface area (Å²) in [6.45, 7) is 22.4. The Morgan fingerprint density at radius 2 is 1.66 bits per heavy atom. The Bertz CT molecular complexity index is 642. The van der Waals surface area contributed by atoms with Gasteiger partial charge in [0.25, 0.3) is 0 Å². The van der Waals surface area contributed by atoms with E-state index in [-0.39, 0.29) is 5.04 Å². The molecule has 0 fully saturated rings. The van der Waals surface area contributed by atoms with E-state index in [1.807, 2.05) is 0 Å². The Balaban J connectivity index is 3.11. The number of benzene rings is 1. The molecule has 0 aliphatic rings. The van der Waals surface area contributed by atoms with E-state index in [1.54, 1.807) is 11.1 Å². The van der Waals surface area contributed by atoms with Crippen molar-refractivity contribution in [1.82, 2.24) is 5.32 Å². The summed E-state index contributed by atoms with van der Waals surface area (Å²) in [7, 11) is -1.70. The fraction of sp³-hybridized carbons (Fsp3) is 0.692. The summed E-state index contributed by atoms with van der Waals surface area (Å²) >= 11 is 0. The maximum absolute atomic E-state index is 6.44. The second-order valence-electron chi connectivity index (χ2n) is 9.83. The average molecular weight is 418 g/mol. The molecule has 0 heterocycles. The van der Waals surface area contributed by atoms with E-state index in [1.165, 1.54) is 30.4 Å². The first-order chi connectivity index (χ1) is 13.6. The van der Waals surface area contributed by atoms with Crippen LogP contribution in [-0.2, 0) is 4.43 Å². The Hall–Kier alpha value is -0.903. The van der Waals surface area contributed by atoms with E-state index in [2.05, 4.69) is 91.1 Å². The van der Waals surface area contributed by atoms with E-state index in [0.29, 0.717) is 6.04 Å². The minimum atomic E-state index is -1.70. The zero-order valence-corrected chi connectivity index (χ0v) is 21.7. The molecule has 0 aliphatic heterocycles. The van der Waals surface area contributed by atoms with Gasteiger partial charge in [-0.2, -0.15) is 0 Å². The van der Waals surface area contributed by atoms with Crippen molar-refractivity contribution < 1.29 is 4.43 Å². The molecule has 0 unspecified atom stereocenters. The molecule has 1 atom stereocenters. The third-order valence-electron chi connectivity index (χ3n) is 6.52. The van der Waals surface area contributed by atoms with Crippen LogP contribution in [-0.4, -0.2) is 21.5 Å². The molecule has 0 aliphatic carbocycles. The largest absolute Gasteiger partial charge is 0.416 e. The number of hydrogen-bond acceptors (Lipinski definition) is 2. The number of allylic oxidation sites excluding steroid dienone is 1. The lowest BCUT2D eigenvalue weighted by molar-refractivity contribution is 0.281. The number of rotatable bonds is 12. The van der Waals surface area contributed by atoms with Gasteiger partial charge in [0.05, 0.1) is 6.04 Å². The van der Waals surface area contributed by atoms with E-state index < -0.39 is 8.32 Å². The molecule has 29 heavy (non-hydrogen) atoms. The third kappa shape index (κ3) is 7.69. The molecule has 0 bridgehead atoms. The highest BCUT2D eigenvalue weighted by atomic mass is 28.4. The van der Waals surface area contributed by atoms with Crippen LogP contribution >= 0.6 is 0 Å². The molecule has 3 heteroatoms. The highest BCUT2D eigenvalue weighted by molar-refractivity contribution is 6.74. The van der Waals surface area contributed by atoms with Crippen LogP contribution in [0.15, 0.2) is 35.4 Å². The summed E-state index contributed by atoms with van der Waals surface area (Å²) in [5.74, 6) is 0. The number of nitrogens with one attached hydrogen (secondary N) is 1. The average Bonchev–Trinajstić information content (AvgIpc) is 2.65. The van der Waals surface area contributed by atoms with Crippen LogP contribution in [0, 0.1) is 6.92 Å². The van der Waals surface area contributed by atoms with Crippen molar-refractivity contribution >= 4 is 8.32 Å². The van der Waals surface area contributed by atoms with Crippen molar-refractivity contribution in [2.24, 2.45) is 0 Å². The fourth-order valence-electron chi connectivity index (χ4n) is 3.72. The summed E-state index contributed by atoms with van der Waals surface area (Å²) in [6.07, 6.45) is 5.92. The van der Waals surface area contributed by atoms with Crippen molar-refractivity contribution in [2.45, 2.75) is 105 Å². The smallest absolute Gasteiger partial charge is 0.192 e. The lowest BCUT2D eigenvalue weighted by Crippen LogP contribution is -2.42. The van der Waals surface area contributed by atoms with E-state index >= 15 is 0 Å². The van der Waals surface area contributed by atoms with Crippen molar-refractivity contribution in [3.63, 3.8) is 0 Å².